The van der Waals surface area contributed by atoms with Gasteiger partial charge in [-0.25, -0.2) is 13.2 Å². The monoisotopic (exact) mass is 288 g/mol. The van der Waals surface area contributed by atoms with Gasteiger partial charge in [0.25, 0.3) is 0 Å². The molecule has 1 heterocycles. The zero-order valence-electron chi connectivity index (χ0n) is 11.8. The average molecular weight is 288 g/mol. The van der Waals surface area contributed by atoms with Gasteiger partial charge >= 0.3 is 6.03 Å². The Morgan fingerprint density at radius 1 is 1.26 bits per heavy atom. The van der Waals surface area contributed by atoms with Crippen molar-refractivity contribution in [2.45, 2.75) is 45.1 Å². The third-order valence-corrected chi connectivity index (χ3v) is 5.55. The molecule has 0 aromatic heterocycles. The summed E-state index contributed by atoms with van der Waals surface area (Å²) in [7, 11) is -3.05. The lowest BCUT2D eigenvalue weighted by Crippen LogP contribution is -2.51. The highest BCUT2D eigenvalue weighted by Crippen LogP contribution is 2.48. The topological polar surface area (TPSA) is 66.5 Å². The molecular weight excluding hydrogens is 264 g/mol. The van der Waals surface area contributed by atoms with Crippen molar-refractivity contribution in [3.63, 3.8) is 0 Å². The van der Waals surface area contributed by atoms with Crippen LogP contribution in [0.4, 0.5) is 4.79 Å². The van der Waals surface area contributed by atoms with Gasteiger partial charge in [-0.1, -0.05) is 6.42 Å². The number of carbonyl (C=O) groups is 1. The normalized spacial score (nSPS) is 23.8. The predicted molar refractivity (Wildman–Crippen MR) is 74.8 cm³/mol. The van der Waals surface area contributed by atoms with Gasteiger partial charge in [0.15, 0.2) is 0 Å². The fourth-order valence-electron chi connectivity index (χ4n) is 3.16. The largest absolute Gasteiger partial charge is 0.335 e. The van der Waals surface area contributed by atoms with Gasteiger partial charge < -0.3 is 10.2 Å². The number of likely N-dealkylation sites (tertiary alicyclic amines) is 1. The fraction of sp³-hybridized carbons (Fsp3) is 0.923. The van der Waals surface area contributed by atoms with E-state index in [1.165, 1.54) is 25.5 Å². The predicted octanol–water partition coefficient (Wildman–Crippen LogP) is 1.40. The van der Waals surface area contributed by atoms with E-state index in [0.717, 1.165) is 25.9 Å². The molecule has 5 nitrogen and oxygen atoms in total. The van der Waals surface area contributed by atoms with Gasteiger partial charge in [-0.05, 0) is 38.0 Å². The summed E-state index contributed by atoms with van der Waals surface area (Å²) >= 11 is 0. The highest BCUT2D eigenvalue weighted by molar-refractivity contribution is 7.90. The van der Waals surface area contributed by atoms with Crippen molar-refractivity contribution in [2.24, 2.45) is 5.41 Å². The third-order valence-electron chi connectivity index (χ3n) is 4.45. The highest BCUT2D eigenvalue weighted by Gasteiger charge is 2.40. The van der Waals surface area contributed by atoms with Gasteiger partial charge in [0.05, 0.1) is 5.75 Å². The summed E-state index contributed by atoms with van der Waals surface area (Å²) in [5, 5.41) is 2.78. The summed E-state index contributed by atoms with van der Waals surface area (Å²) in [6, 6.07) is -0.451. The van der Waals surface area contributed by atoms with Gasteiger partial charge in [0, 0.05) is 25.4 Å². The van der Waals surface area contributed by atoms with E-state index in [4.69, 9.17) is 0 Å². The van der Waals surface area contributed by atoms with Crippen molar-refractivity contribution in [2.75, 3.05) is 25.1 Å². The van der Waals surface area contributed by atoms with Crippen LogP contribution in [0.25, 0.3) is 0 Å². The molecular formula is C13H24N2O3S. The van der Waals surface area contributed by atoms with E-state index in [-0.39, 0.29) is 17.8 Å². The van der Waals surface area contributed by atoms with Crippen molar-refractivity contribution in [3.8, 4) is 0 Å². The maximum absolute atomic E-state index is 12.0. The standard InChI is InChI=1S/C13H24N2O3S/c1-11(10-19(2,17)18)14-12(16)15-8-6-13(7-9-15)4-3-5-13/h11H,3-10H2,1-2H3,(H,14,16). The van der Waals surface area contributed by atoms with Crippen LogP contribution in [0, 0.1) is 5.41 Å². The first-order valence-corrected chi connectivity index (χ1v) is 9.09. The molecule has 1 atom stereocenters. The maximum atomic E-state index is 12.0. The quantitative estimate of drug-likeness (QED) is 0.853. The first-order chi connectivity index (χ1) is 8.80. The van der Waals surface area contributed by atoms with Gasteiger partial charge in [0.2, 0.25) is 0 Å². The molecule has 0 aromatic rings. The van der Waals surface area contributed by atoms with Crippen molar-refractivity contribution < 1.29 is 13.2 Å². The summed E-state index contributed by atoms with van der Waals surface area (Å²) in [5.74, 6) is -0.00345. The number of nitrogens with zero attached hydrogens (tertiary/aromatic N) is 1. The lowest BCUT2D eigenvalue weighted by Gasteiger charge is -2.48. The van der Waals surface area contributed by atoms with Crippen molar-refractivity contribution >= 4 is 15.9 Å². The zero-order chi connectivity index (χ0) is 14.1. The highest BCUT2D eigenvalue weighted by atomic mass is 32.2. The molecule has 0 bridgehead atoms. The number of hydrogen-bond donors (Lipinski definition) is 1. The summed E-state index contributed by atoms with van der Waals surface area (Å²) in [4.78, 5) is 13.9. The molecule has 110 valence electrons. The fourth-order valence-corrected chi connectivity index (χ4v) is 4.15. The van der Waals surface area contributed by atoms with Crippen molar-refractivity contribution in [3.05, 3.63) is 0 Å². The zero-order valence-corrected chi connectivity index (χ0v) is 12.6. The molecule has 2 rings (SSSR count). The minimum atomic E-state index is -3.05. The van der Waals surface area contributed by atoms with Crippen LogP contribution < -0.4 is 5.32 Å². The number of rotatable bonds is 3. The van der Waals surface area contributed by atoms with Gasteiger partial charge in [-0.15, -0.1) is 0 Å². The maximum Gasteiger partial charge on any atom is 0.317 e. The Bertz CT molecular complexity index is 433. The first kappa shape index (κ1) is 14.6. The Morgan fingerprint density at radius 2 is 1.84 bits per heavy atom. The lowest BCUT2D eigenvalue weighted by molar-refractivity contribution is 0.0460. The molecule has 19 heavy (non-hydrogen) atoms. The summed E-state index contributed by atoms with van der Waals surface area (Å²) in [5.41, 5.74) is 0.523. The molecule has 1 saturated carbocycles. The molecule has 1 aliphatic carbocycles. The minimum Gasteiger partial charge on any atom is -0.335 e. The van der Waals surface area contributed by atoms with Gasteiger partial charge in [-0.2, -0.15) is 0 Å². The smallest absolute Gasteiger partial charge is 0.317 e. The van der Waals surface area contributed by atoms with E-state index in [1.54, 1.807) is 6.92 Å². The molecule has 1 spiro atoms. The van der Waals surface area contributed by atoms with E-state index in [9.17, 15) is 13.2 Å². The average Bonchev–Trinajstić information content (AvgIpc) is 2.24. The number of amides is 2. The van der Waals surface area contributed by atoms with Crippen LogP contribution >= 0.6 is 0 Å². The second-order valence-electron chi connectivity index (χ2n) is 6.28. The van der Waals surface area contributed by atoms with E-state index in [0.29, 0.717) is 5.41 Å². The van der Waals surface area contributed by atoms with Crippen molar-refractivity contribution in [1.82, 2.24) is 10.2 Å². The van der Waals surface area contributed by atoms with Crippen molar-refractivity contribution in [1.29, 1.82) is 0 Å². The van der Waals surface area contributed by atoms with Gasteiger partial charge in [-0.3, -0.25) is 0 Å². The number of piperidine rings is 1. The summed E-state index contributed by atoms with van der Waals surface area (Å²) < 4.78 is 22.3. The Labute approximate surface area is 115 Å². The summed E-state index contributed by atoms with van der Waals surface area (Å²) in [6.45, 7) is 3.34. The SMILES string of the molecule is CC(CS(C)(=O)=O)NC(=O)N1CCC2(CCC2)CC1. The van der Waals surface area contributed by atoms with E-state index in [1.807, 2.05) is 4.90 Å². The van der Waals surface area contributed by atoms with Crippen LogP contribution in [-0.2, 0) is 9.84 Å². The van der Waals surface area contributed by atoms with Crippen LogP contribution in [0.5, 0.6) is 0 Å². The molecule has 1 aliphatic heterocycles. The van der Waals surface area contributed by atoms with Crippen LogP contribution in [0.3, 0.4) is 0 Å². The molecule has 2 fully saturated rings. The summed E-state index contributed by atoms with van der Waals surface area (Å²) in [6.07, 6.45) is 7.34. The molecule has 1 N–H and O–H groups in total. The third kappa shape index (κ3) is 3.84. The molecule has 6 heteroatoms. The number of urea groups is 1. The minimum absolute atomic E-state index is 0.00345. The van der Waals surface area contributed by atoms with Gasteiger partial charge in [0.1, 0.15) is 9.84 Å². The Kier molecular flexibility index (Phi) is 4.08. The number of hydrogen-bond acceptors (Lipinski definition) is 3. The molecule has 2 amide bonds. The van der Waals surface area contributed by atoms with Crippen LogP contribution in [0.1, 0.15) is 39.0 Å². The Morgan fingerprint density at radius 3 is 2.26 bits per heavy atom. The molecule has 0 radical (unpaired) electrons. The second-order valence-corrected chi connectivity index (χ2v) is 8.47. The first-order valence-electron chi connectivity index (χ1n) is 7.03. The van der Waals surface area contributed by atoms with E-state index < -0.39 is 9.84 Å². The molecule has 1 unspecified atom stereocenters. The second kappa shape index (κ2) is 5.31. The lowest BCUT2D eigenvalue weighted by atomic mass is 9.63. The molecule has 0 aromatic carbocycles. The number of sulfone groups is 1. The Hall–Kier alpha value is -0.780. The molecule has 2 aliphatic rings. The van der Waals surface area contributed by atoms with E-state index >= 15 is 0 Å². The van der Waals surface area contributed by atoms with Crippen LogP contribution in [0.15, 0.2) is 0 Å². The van der Waals surface area contributed by atoms with Crippen LogP contribution in [-0.4, -0.2) is 50.5 Å². The molecule has 1 saturated heterocycles. The van der Waals surface area contributed by atoms with Crippen LogP contribution in [0.2, 0.25) is 0 Å². The van der Waals surface area contributed by atoms with E-state index in [2.05, 4.69) is 5.32 Å². The Balaban J connectivity index is 1.78. The number of carbonyl (C=O) groups excluding carboxylic acids is 1. The number of nitrogens with one attached hydrogen (secondary N) is 1.